The molecule has 3 aliphatic carbocycles. The van der Waals surface area contributed by atoms with Crippen LogP contribution >= 0.6 is 0 Å². The quantitative estimate of drug-likeness (QED) is 0.387. The van der Waals surface area contributed by atoms with Crippen molar-refractivity contribution in [2.24, 2.45) is 22.7 Å². The van der Waals surface area contributed by atoms with Gasteiger partial charge < -0.3 is 18.9 Å². The Morgan fingerprint density at radius 2 is 0.900 bits per heavy atom. The summed E-state index contributed by atoms with van der Waals surface area (Å²) in [5, 5.41) is 0. The van der Waals surface area contributed by atoms with Gasteiger partial charge in [0.15, 0.2) is 10.8 Å². The Morgan fingerprint density at radius 3 is 1.13 bits per heavy atom. The number of fused-ring (bicyclic) bond motifs is 3. The van der Waals surface area contributed by atoms with Crippen LogP contribution in [0, 0.1) is 22.7 Å². The van der Waals surface area contributed by atoms with Gasteiger partial charge in [0.1, 0.15) is 0 Å². The molecule has 3 rings (SSSR count). The zero-order chi connectivity index (χ0) is 22.4. The van der Waals surface area contributed by atoms with E-state index in [0.717, 1.165) is 22.3 Å². The highest BCUT2D eigenvalue weighted by molar-refractivity contribution is 6.02. The van der Waals surface area contributed by atoms with Crippen molar-refractivity contribution in [3.63, 3.8) is 0 Å². The molecule has 0 amide bonds. The van der Waals surface area contributed by atoms with Gasteiger partial charge in [0.2, 0.25) is 0 Å². The normalized spacial score (nSPS) is 25.9. The minimum Gasteiger partial charge on any atom is -0.468 e. The number of hydrogen-bond donors (Lipinski definition) is 0. The van der Waals surface area contributed by atoms with Crippen molar-refractivity contribution in [3.05, 3.63) is 22.3 Å². The van der Waals surface area contributed by atoms with Crippen LogP contribution < -0.4 is 0 Å². The predicted molar refractivity (Wildman–Crippen MR) is 104 cm³/mol. The molecule has 0 heterocycles. The molecule has 0 saturated heterocycles. The standard InChI is InChI=1S/C22H28O8/c1-11-12(2)14-8-22(19(25)29-5,20(26)30-6)10-16(14)15-9-21(7-13(11)15,17(23)27-3)18(24)28-4/h15-16H,7-10H2,1-6H3/t15-,16-/m1/s1. The molecule has 0 aromatic carbocycles. The first-order chi connectivity index (χ1) is 14.1. The van der Waals surface area contributed by atoms with Crippen LogP contribution in [0.1, 0.15) is 39.5 Å². The van der Waals surface area contributed by atoms with Crippen molar-refractivity contribution in [3.8, 4) is 0 Å². The van der Waals surface area contributed by atoms with Gasteiger partial charge in [-0.3, -0.25) is 19.2 Å². The van der Waals surface area contributed by atoms with Crippen molar-refractivity contribution < 1.29 is 38.1 Å². The fourth-order valence-corrected chi connectivity index (χ4v) is 5.70. The Kier molecular flexibility index (Phi) is 5.56. The minimum absolute atomic E-state index is 0.182. The molecule has 0 N–H and O–H groups in total. The van der Waals surface area contributed by atoms with Crippen LogP contribution in [0.4, 0.5) is 0 Å². The number of esters is 4. The lowest BCUT2D eigenvalue weighted by molar-refractivity contribution is -0.171. The van der Waals surface area contributed by atoms with Gasteiger partial charge in [-0.05, 0) is 62.5 Å². The molecule has 0 aromatic rings. The predicted octanol–water partition coefficient (Wildman–Crippen LogP) is 2.12. The van der Waals surface area contributed by atoms with E-state index in [1.54, 1.807) is 0 Å². The van der Waals surface area contributed by atoms with Crippen LogP contribution in [-0.2, 0) is 38.1 Å². The van der Waals surface area contributed by atoms with Crippen molar-refractivity contribution in [1.82, 2.24) is 0 Å². The van der Waals surface area contributed by atoms with E-state index in [-0.39, 0.29) is 37.5 Å². The Morgan fingerprint density at radius 1 is 0.633 bits per heavy atom. The van der Waals surface area contributed by atoms with Gasteiger partial charge >= 0.3 is 23.9 Å². The second-order valence-corrected chi connectivity index (χ2v) is 8.41. The van der Waals surface area contributed by atoms with E-state index in [1.165, 1.54) is 28.4 Å². The number of rotatable bonds is 4. The summed E-state index contributed by atoms with van der Waals surface area (Å²) in [6, 6.07) is 0. The van der Waals surface area contributed by atoms with Crippen LogP contribution in [0.25, 0.3) is 0 Å². The molecule has 2 saturated carbocycles. The largest absolute Gasteiger partial charge is 0.468 e. The second kappa shape index (κ2) is 7.56. The van der Waals surface area contributed by atoms with Gasteiger partial charge in [0.05, 0.1) is 28.4 Å². The first-order valence-corrected chi connectivity index (χ1v) is 9.86. The van der Waals surface area contributed by atoms with Crippen LogP contribution in [0.2, 0.25) is 0 Å². The molecule has 0 radical (unpaired) electrons. The number of ether oxygens (including phenoxy) is 4. The van der Waals surface area contributed by atoms with Crippen LogP contribution in [-0.4, -0.2) is 52.3 Å². The second-order valence-electron chi connectivity index (χ2n) is 8.41. The fraction of sp³-hybridized carbons (Fsp3) is 0.636. The Labute approximate surface area is 175 Å². The SMILES string of the molecule is COC(=O)C1(C(=O)OC)CC2=C(C)C(C)=C3CC(C(=O)OC)(C(=O)OC)C[C@H]3[C@@H]2C1. The first kappa shape index (κ1) is 22.1. The Bertz CT molecular complexity index is 774. The molecule has 0 aliphatic heterocycles. The zero-order valence-electron chi connectivity index (χ0n) is 18.2. The lowest BCUT2D eigenvalue weighted by Crippen LogP contribution is -2.40. The van der Waals surface area contributed by atoms with Crippen molar-refractivity contribution in [2.75, 3.05) is 28.4 Å². The van der Waals surface area contributed by atoms with Crippen LogP contribution in [0.3, 0.4) is 0 Å². The summed E-state index contributed by atoms with van der Waals surface area (Å²) < 4.78 is 19.9. The van der Waals surface area contributed by atoms with Crippen LogP contribution in [0.5, 0.6) is 0 Å². The van der Waals surface area contributed by atoms with E-state index in [2.05, 4.69) is 0 Å². The minimum atomic E-state index is -1.43. The van der Waals surface area contributed by atoms with Gasteiger partial charge in [-0.1, -0.05) is 11.1 Å². The molecule has 8 nitrogen and oxygen atoms in total. The lowest BCUT2D eigenvalue weighted by atomic mass is 9.74. The van der Waals surface area contributed by atoms with Gasteiger partial charge in [-0.2, -0.15) is 0 Å². The van der Waals surface area contributed by atoms with E-state index in [1.807, 2.05) is 13.8 Å². The van der Waals surface area contributed by atoms with E-state index < -0.39 is 34.7 Å². The molecule has 164 valence electrons. The molecule has 2 atom stereocenters. The summed E-state index contributed by atoms with van der Waals surface area (Å²) in [6.07, 6.45) is 0.818. The molecule has 8 heteroatoms. The first-order valence-electron chi connectivity index (χ1n) is 9.86. The van der Waals surface area contributed by atoms with Crippen molar-refractivity contribution >= 4 is 23.9 Å². The van der Waals surface area contributed by atoms with Gasteiger partial charge in [-0.15, -0.1) is 0 Å². The molecular weight excluding hydrogens is 392 g/mol. The maximum Gasteiger partial charge on any atom is 0.323 e. The van der Waals surface area contributed by atoms with Crippen molar-refractivity contribution in [1.29, 1.82) is 0 Å². The molecular formula is C22H28O8. The maximum absolute atomic E-state index is 12.7. The molecule has 3 aliphatic rings. The number of methoxy groups -OCH3 is 4. The topological polar surface area (TPSA) is 105 Å². The summed E-state index contributed by atoms with van der Waals surface area (Å²) in [6.45, 7) is 3.89. The van der Waals surface area contributed by atoms with E-state index in [4.69, 9.17) is 18.9 Å². The van der Waals surface area contributed by atoms with Gasteiger partial charge in [-0.25, -0.2) is 0 Å². The summed E-state index contributed by atoms with van der Waals surface area (Å²) in [5.74, 6) is -2.89. The molecule has 2 fully saturated rings. The number of carbonyl (C=O) groups is 4. The van der Waals surface area contributed by atoms with Crippen molar-refractivity contribution in [2.45, 2.75) is 39.5 Å². The van der Waals surface area contributed by atoms with Gasteiger partial charge in [0, 0.05) is 0 Å². The zero-order valence-corrected chi connectivity index (χ0v) is 18.2. The third-order valence-electron chi connectivity index (χ3n) is 7.33. The van der Waals surface area contributed by atoms with Crippen LogP contribution in [0.15, 0.2) is 22.3 Å². The Hall–Kier alpha value is -2.64. The molecule has 30 heavy (non-hydrogen) atoms. The fourth-order valence-electron chi connectivity index (χ4n) is 5.70. The highest BCUT2D eigenvalue weighted by atomic mass is 16.6. The van der Waals surface area contributed by atoms with Gasteiger partial charge in [0.25, 0.3) is 0 Å². The molecule has 0 bridgehead atoms. The summed E-state index contributed by atoms with van der Waals surface area (Å²) in [5.41, 5.74) is 1.05. The molecule has 0 aromatic heterocycles. The average molecular weight is 420 g/mol. The summed E-state index contributed by atoms with van der Waals surface area (Å²) >= 11 is 0. The number of hydrogen-bond acceptors (Lipinski definition) is 8. The van der Waals surface area contributed by atoms with E-state index >= 15 is 0 Å². The van der Waals surface area contributed by atoms with E-state index in [9.17, 15) is 19.2 Å². The summed E-state index contributed by atoms with van der Waals surface area (Å²) in [7, 11) is 5.00. The number of allylic oxidation sites excluding steroid dienone is 4. The maximum atomic E-state index is 12.7. The van der Waals surface area contributed by atoms with E-state index in [0.29, 0.717) is 0 Å². The third kappa shape index (κ3) is 2.80. The molecule has 0 unspecified atom stereocenters. The smallest absolute Gasteiger partial charge is 0.323 e. The highest BCUT2D eigenvalue weighted by Crippen LogP contribution is 2.62. The highest BCUT2D eigenvalue weighted by Gasteiger charge is 2.63. The Balaban J connectivity index is 2.10. The number of carbonyl (C=O) groups excluding carboxylic acids is 4. The third-order valence-corrected chi connectivity index (χ3v) is 7.33. The lowest BCUT2D eigenvalue weighted by Gasteiger charge is -2.30. The monoisotopic (exact) mass is 420 g/mol. The average Bonchev–Trinajstić information content (AvgIpc) is 3.36. The summed E-state index contributed by atoms with van der Waals surface area (Å²) in [4.78, 5) is 50.8. The molecule has 0 spiro atoms.